The molecule has 0 bridgehead atoms. The molecule has 1 saturated heterocycles. The Bertz CT molecular complexity index is 1100. The molecule has 170 valence electrons. The minimum atomic E-state index is -0.371. The van der Waals surface area contributed by atoms with Crippen molar-refractivity contribution in [3.8, 4) is 0 Å². The molecule has 0 aliphatic carbocycles. The quantitative estimate of drug-likeness (QED) is 0.383. The van der Waals surface area contributed by atoms with Crippen LogP contribution >= 0.6 is 0 Å². The van der Waals surface area contributed by atoms with Gasteiger partial charge in [-0.2, -0.15) is 0 Å². The summed E-state index contributed by atoms with van der Waals surface area (Å²) in [6.45, 7) is 1.43. The number of benzene rings is 2. The van der Waals surface area contributed by atoms with Gasteiger partial charge < -0.3 is 26.0 Å². The van der Waals surface area contributed by atoms with Crippen molar-refractivity contribution in [1.82, 2.24) is 9.88 Å². The summed E-state index contributed by atoms with van der Waals surface area (Å²) in [5.41, 5.74) is 3.28. The van der Waals surface area contributed by atoms with Crippen LogP contribution in [0.4, 0.5) is 27.7 Å². The van der Waals surface area contributed by atoms with E-state index in [9.17, 15) is 14.7 Å². The first-order valence-electron chi connectivity index (χ1n) is 11.0. The lowest BCUT2D eigenvalue weighted by atomic mass is 10.1. The third kappa shape index (κ3) is 5.67. The van der Waals surface area contributed by atoms with Gasteiger partial charge in [0, 0.05) is 36.7 Å². The standard InChI is InChI=1S/C25H27N5O3/c31-16-19-15-26-24(14-22(19)29-23(17-32)18-7-2-1-3-8-18)27-20-9-6-10-21(13-20)28-25(33)30-11-4-5-12-30/h1-3,6-10,13-16,23,32H,4-5,11-12,17H2,(H,28,33)(H2,26,27,29). The van der Waals surface area contributed by atoms with Gasteiger partial charge in [0.05, 0.1) is 23.9 Å². The van der Waals surface area contributed by atoms with Gasteiger partial charge in [-0.3, -0.25) is 4.79 Å². The summed E-state index contributed by atoms with van der Waals surface area (Å²) in [5.74, 6) is 0.524. The van der Waals surface area contributed by atoms with Gasteiger partial charge in [0.1, 0.15) is 5.82 Å². The SMILES string of the molecule is O=Cc1cnc(Nc2cccc(NC(=O)N3CCCC3)c2)cc1NC(CO)c1ccccc1. The van der Waals surface area contributed by atoms with Gasteiger partial charge in [0.25, 0.3) is 0 Å². The molecule has 4 N–H and O–H groups in total. The topological polar surface area (TPSA) is 107 Å². The fraction of sp³-hybridized carbons (Fsp3) is 0.240. The van der Waals surface area contributed by atoms with Crippen molar-refractivity contribution >= 4 is 35.2 Å². The number of aliphatic hydroxyl groups excluding tert-OH is 1. The van der Waals surface area contributed by atoms with E-state index in [2.05, 4.69) is 20.9 Å². The van der Waals surface area contributed by atoms with Gasteiger partial charge in [0.2, 0.25) is 0 Å². The Labute approximate surface area is 192 Å². The van der Waals surface area contributed by atoms with Crippen LogP contribution in [-0.2, 0) is 0 Å². The molecule has 1 aromatic heterocycles. The number of aldehydes is 1. The van der Waals surface area contributed by atoms with Crippen LogP contribution in [0.5, 0.6) is 0 Å². The number of nitrogens with one attached hydrogen (secondary N) is 3. The lowest BCUT2D eigenvalue weighted by molar-refractivity contribution is 0.112. The molecule has 8 nitrogen and oxygen atoms in total. The second-order valence-corrected chi connectivity index (χ2v) is 7.89. The lowest BCUT2D eigenvalue weighted by Gasteiger charge is -2.20. The number of pyridine rings is 1. The number of rotatable bonds is 8. The van der Waals surface area contributed by atoms with Crippen LogP contribution in [0.1, 0.15) is 34.8 Å². The number of hydrogen-bond acceptors (Lipinski definition) is 6. The van der Waals surface area contributed by atoms with Gasteiger partial charge >= 0.3 is 6.03 Å². The predicted molar refractivity (Wildman–Crippen MR) is 129 cm³/mol. The van der Waals surface area contributed by atoms with E-state index in [1.807, 2.05) is 59.5 Å². The molecule has 0 saturated carbocycles. The molecule has 2 aromatic carbocycles. The molecule has 33 heavy (non-hydrogen) atoms. The maximum absolute atomic E-state index is 12.4. The van der Waals surface area contributed by atoms with Crippen LogP contribution in [0, 0.1) is 0 Å². The molecule has 2 amide bonds. The molecule has 1 unspecified atom stereocenters. The average Bonchev–Trinajstić information content (AvgIpc) is 3.39. The van der Waals surface area contributed by atoms with Gasteiger partial charge in [-0.25, -0.2) is 9.78 Å². The minimum Gasteiger partial charge on any atom is -0.394 e. The first kappa shape index (κ1) is 22.3. The van der Waals surface area contributed by atoms with Crippen LogP contribution in [-0.4, -0.2) is 47.0 Å². The van der Waals surface area contributed by atoms with Crippen molar-refractivity contribution in [3.05, 3.63) is 78.0 Å². The Morgan fingerprint density at radius 2 is 1.82 bits per heavy atom. The highest BCUT2D eigenvalue weighted by Crippen LogP contribution is 2.26. The van der Waals surface area contributed by atoms with Crippen molar-refractivity contribution in [1.29, 1.82) is 0 Å². The van der Waals surface area contributed by atoms with Crippen LogP contribution < -0.4 is 16.0 Å². The molecule has 1 fully saturated rings. The zero-order valence-corrected chi connectivity index (χ0v) is 18.2. The highest BCUT2D eigenvalue weighted by atomic mass is 16.3. The number of urea groups is 1. The van der Waals surface area contributed by atoms with E-state index < -0.39 is 0 Å². The molecule has 0 spiro atoms. The first-order valence-corrected chi connectivity index (χ1v) is 11.0. The number of aliphatic hydroxyl groups is 1. The zero-order valence-electron chi connectivity index (χ0n) is 18.2. The molecular formula is C25H27N5O3. The summed E-state index contributed by atoms with van der Waals surface area (Å²) < 4.78 is 0. The third-order valence-corrected chi connectivity index (χ3v) is 5.56. The molecule has 1 aliphatic rings. The molecule has 2 heterocycles. The van der Waals surface area contributed by atoms with E-state index in [-0.39, 0.29) is 18.7 Å². The largest absolute Gasteiger partial charge is 0.394 e. The Balaban J connectivity index is 1.49. The van der Waals surface area contributed by atoms with Crippen LogP contribution in [0.15, 0.2) is 66.9 Å². The first-order chi connectivity index (χ1) is 16.2. The van der Waals surface area contributed by atoms with Crippen LogP contribution in [0.2, 0.25) is 0 Å². The smallest absolute Gasteiger partial charge is 0.321 e. The number of hydrogen-bond donors (Lipinski definition) is 4. The Hall–Kier alpha value is -3.91. The van der Waals surface area contributed by atoms with Crippen molar-refractivity contribution in [2.24, 2.45) is 0 Å². The number of anilines is 4. The summed E-state index contributed by atoms with van der Waals surface area (Å²) in [4.78, 5) is 30.1. The van der Waals surface area contributed by atoms with E-state index in [0.717, 1.165) is 43.5 Å². The molecule has 4 rings (SSSR count). The number of likely N-dealkylation sites (tertiary alicyclic amines) is 1. The van der Waals surface area contributed by atoms with Crippen molar-refractivity contribution in [2.75, 3.05) is 35.6 Å². The zero-order chi connectivity index (χ0) is 23.0. The molecule has 3 aromatic rings. The van der Waals surface area contributed by atoms with Gasteiger partial charge in [-0.15, -0.1) is 0 Å². The molecule has 1 aliphatic heterocycles. The monoisotopic (exact) mass is 445 g/mol. The number of carbonyl (C=O) groups excluding carboxylic acids is 2. The lowest BCUT2D eigenvalue weighted by Crippen LogP contribution is -2.32. The molecule has 0 radical (unpaired) electrons. The van der Waals surface area contributed by atoms with Gasteiger partial charge in [-0.1, -0.05) is 36.4 Å². The summed E-state index contributed by atoms with van der Waals surface area (Å²) >= 11 is 0. The maximum Gasteiger partial charge on any atom is 0.321 e. The van der Waals surface area contributed by atoms with Crippen molar-refractivity contribution < 1.29 is 14.7 Å². The second kappa shape index (κ2) is 10.6. The van der Waals surface area contributed by atoms with Crippen molar-refractivity contribution in [2.45, 2.75) is 18.9 Å². The predicted octanol–water partition coefficient (Wildman–Crippen LogP) is 4.41. The van der Waals surface area contributed by atoms with E-state index >= 15 is 0 Å². The van der Waals surface area contributed by atoms with Crippen LogP contribution in [0.3, 0.4) is 0 Å². The van der Waals surface area contributed by atoms with E-state index in [1.54, 1.807) is 6.07 Å². The summed E-state index contributed by atoms with van der Waals surface area (Å²) in [5, 5.41) is 19.3. The number of carbonyl (C=O) groups is 2. The van der Waals surface area contributed by atoms with Gasteiger partial charge in [0.15, 0.2) is 6.29 Å². The fourth-order valence-electron chi connectivity index (χ4n) is 3.81. The van der Waals surface area contributed by atoms with Crippen LogP contribution in [0.25, 0.3) is 0 Å². The maximum atomic E-state index is 12.4. The molecular weight excluding hydrogens is 418 g/mol. The normalized spacial score (nSPS) is 13.9. The molecule has 8 heteroatoms. The Morgan fingerprint density at radius 3 is 2.55 bits per heavy atom. The minimum absolute atomic E-state index is 0.0967. The average molecular weight is 446 g/mol. The molecule has 1 atom stereocenters. The van der Waals surface area contributed by atoms with E-state index in [0.29, 0.717) is 22.8 Å². The Morgan fingerprint density at radius 1 is 1.06 bits per heavy atom. The van der Waals surface area contributed by atoms with Crippen molar-refractivity contribution in [3.63, 3.8) is 0 Å². The Kier molecular flexibility index (Phi) is 7.16. The van der Waals surface area contributed by atoms with E-state index in [1.165, 1.54) is 6.20 Å². The second-order valence-electron chi connectivity index (χ2n) is 7.89. The summed E-state index contributed by atoms with van der Waals surface area (Å²) in [6, 6.07) is 18.2. The van der Waals surface area contributed by atoms with E-state index in [4.69, 9.17) is 0 Å². The highest BCUT2D eigenvalue weighted by Gasteiger charge is 2.18. The highest BCUT2D eigenvalue weighted by molar-refractivity contribution is 5.90. The number of nitrogens with zero attached hydrogens (tertiary/aromatic N) is 2. The summed E-state index contributed by atoms with van der Waals surface area (Å²) in [6.07, 6.45) is 4.29. The summed E-state index contributed by atoms with van der Waals surface area (Å²) in [7, 11) is 0. The fourth-order valence-corrected chi connectivity index (χ4v) is 3.81. The number of amides is 2. The number of aromatic nitrogens is 1. The third-order valence-electron chi connectivity index (χ3n) is 5.56. The van der Waals surface area contributed by atoms with Gasteiger partial charge in [-0.05, 0) is 36.6 Å².